The molecule has 0 saturated carbocycles. The van der Waals surface area contributed by atoms with Gasteiger partial charge >= 0.3 is 0 Å². The molecule has 0 bridgehead atoms. The highest BCUT2D eigenvalue weighted by Gasteiger charge is 2.06. The molecule has 0 amide bonds. The molecule has 0 fully saturated rings. The molecule has 2 aromatic carbocycles. The Balaban J connectivity index is 1.97. The van der Waals surface area contributed by atoms with Gasteiger partial charge in [0.2, 0.25) is 0 Å². The van der Waals surface area contributed by atoms with Crippen LogP contribution in [0.2, 0.25) is 10.0 Å². The summed E-state index contributed by atoms with van der Waals surface area (Å²) >= 11 is 12.2. The van der Waals surface area contributed by atoms with E-state index in [1.807, 2.05) is 42.5 Å². The van der Waals surface area contributed by atoms with Crippen LogP contribution in [0.5, 0.6) is 5.75 Å². The Hall–Kier alpha value is -1.22. The van der Waals surface area contributed by atoms with Crippen molar-refractivity contribution < 1.29 is 4.74 Å². The van der Waals surface area contributed by atoms with Gasteiger partial charge in [0.25, 0.3) is 0 Å². The van der Waals surface area contributed by atoms with Crippen LogP contribution in [0.15, 0.2) is 42.5 Å². The minimum atomic E-state index is 0.366. The summed E-state index contributed by atoms with van der Waals surface area (Å²) in [5, 5.41) is 4.53. The summed E-state index contributed by atoms with van der Waals surface area (Å²) in [5.74, 6) is 0.807. The van der Waals surface area contributed by atoms with Gasteiger partial charge in [0.1, 0.15) is 12.4 Å². The lowest BCUT2D eigenvalue weighted by atomic mass is 10.2. The number of halogens is 2. The Labute approximate surface area is 129 Å². The highest BCUT2D eigenvalue weighted by atomic mass is 35.5. The first kappa shape index (κ1) is 15.2. The Morgan fingerprint density at radius 1 is 1.00 bits per heavy atom. The third-order valence-corrected chi connectivity index (χ3v) is 3.66. The van der Waals surface area contributed by atoms with Gasteiger partial charge in [-0.1, -0.05) is 48.3 Å². The highest BCUT2D eigenvalue weighted by molar-refractivity contribution is 6.35. The summed E-state index contributed by atoms with van der Waals surface area (Å²) in [4.78, 5) is 0. The second-order valence-electron chi connectivity index (χ2n) is 4.41. The van der Waals surface area contributed by atoms with Crippen molar-refractivity contribution in [3.63, 3.8) is 0 Å². The molecule has 4 heteroatoms. The average Bonchev–Trinajstić information content (AvgIpc) is 2.46. The van der Waals surface area contributed by atoms with E-state index >= 15 is 0 Å². The van der Waals surface area contributed by atoms with E-state index in [0.29, 0.717) is 16.7 Å². The Bertz CT molecular complexity index is 535. The van der Waals surface area contributed by atoms with Crippen LogP contribution in [0, 0.1) is 0 Å². The molecule has 0 aliphatic carbocycles. The van der Waals surface area contributed by atoms with E-state index in [9.17, 15) is 0 Å². The van der Waals surface area contributed by atoms with Gasteiger partial charge < -0.3 is 10.1 Å². The fraction of sp³-hybridized carbons (Fsp3) is 0.250. The zero-order valence-corrected chi connectivity index (χ0v) is 12.8. The zero-order valence-electron chi connectivity index (χ0n) is 11.3. The van der Waals surface area contributed by atoms with E-state index in [0.717, 1.165) is 24.4 Å². The van der Waals surface area contributed by atoms with E-state index in [-0.39, 0.29) is 0 Å². The van der Waals surface area contributed by atoms with Gasteiger partial charge in [-0.25, -0.2) is 0 Å². The van der Waals surface area contributed by atoms with Gasteiger partial charge in [-0.3, -0.25) is 0 Å². The van der Waals surface area contributed by atoms with Crippen LogP contribution in [-0.2, 0) is 13.2 Å². The van der Waals surface area contributed by atoms with Gasteiger partial charge in [0.15, 0.2) is 0 Å². The van der Waals surface area contributed by atoms with Crippen LogP contribution in [0.3, 0.4) is 0 Å². The second kappa shape index (κ2) is 7.53. The minimum absolute atomic E-state index is 0.366. The molecular weight excluding hydrogens is 293 g/mol. The molecule has 1 N–H and O–H groups in total. The maximum absolute atomic E-state index is 6.11. The van der Waals surface area contributed by atoms with Crippen LogP contribution in [0.1, 0.15) is 18.1 Å². The van der Waals surface area contributed by atoms with Crippen molar-refractivity contribution in [2.45, 2.75) is 20.1 Å². The average molecular weight is 310 g/mol. The van der Waals surface area contributed by atoms with Gasteiger partial charge in [0.05, 0.1) is 0 Å². The van der Waals surface area contributed by atoms with Gasteiger partial charge in [-0.2, -0.15) is 0 Å². The van der Waals surface area contributed by atoms with Crippen molar-refractivity contribution in [3.05, 3.63) is 63.6 Å². The third kappa shape index (κ3) is 4.14. The molecule has 0 radical (unpaired) electrons. The maximum Gasteiger partial charge on any atom is 0.119 e. The number of nitrogens with one attached hydrogen (secondary N) is 1. The van der Waals surface area contributed by atoms with E-state index in [2.05, 4.69) is 12.2 Å². The summed E-state index contributed by atoms with van der Waals surface area (Å²) in [6.07, 6.45) is 0. The summed E-state index contributed by atoms with van der Waals surface area (Å²) < 4.78 is 5.72. The van der Waals surface area contributed by atoms with E-state index in [4.69, 9.17) is 27.9 Å². The van der Waals surface area contributed by atoms with Crippen molar-refractivity contribution in [2.75, 3.05) is 6.54 Å². The number of hydrogen-bond acceptors (Lipinski definition) is 2. The number of hydrogen-bond donors (Lipinski definition) is 1. The Morgan fingerprint density at radius 2 is 1.65 bits per heavy atom. The molecule has 0 aromatic heterocycles. The second-order valence-corrected chi connectivity index (χ2v) is 5.23. The highest BCUT2D eigenvalue weighted by Crippen LogP contribution is 2.25. The SMILES string of the molecule is CCNCc1ccc(OCc2c(Cl)cccc2Cl)cc1. The largest absolute Gasteiger partial charge is 0.489 e. The lowest BCUT2D eigenvalue weighted by Crippen LogP contribution is -2.11. The molecule has 0 aliphatic heterocycles. The lowest BCUT2D eigenvalue weighted by molar-refractivity contribution is 0.306. The van der Waals surface area contributed by atoms with Crippen molar-refractivity contribution in [2.24, 2.45) is 0 Å². The first-order valence-electron chi connectivity index (χ1n) is 6.56. The molecule has 20 heavy (non-hydrogen) atoms. The van der Waals surface area contributed by atoms with Gasteiger partial charge in [-0.15, -0.1) is 0 Å². The summed E-state index contributed by atoms with van der Waals surface area (Å²) in [6, 6.07) is 13.5. The fourth-order valence-corrected chi connectivity index (χ4v) is 2.31. The normalized spacial score (nSPS) is 10.6. The molecule has 2 rings (SSSR count). The predicted molar refractivity (Wildman–Crippen MR) is 84.6 cm³/mol. The van der Waals surface area contributed by atoms with Crippen molar-refractivity contribution in [1.29, 1.82) is 0 Å². The van der Waals surface area contributed by atoms with E-state index < -0.39 is 0 Å². The molecule has 0 aliphatic rings. The zero-order chi connectivity index (χ0) is 14.4. The minimum Gasteiger partial charge on any atom is -0.489 e. The molecule has 2 aromatic rings. The first-order chi connectivity index (χ1) is 9.70. The van der Waals surface area contributed by atoms with Gasteiger partial charge in [-0.05, 0) is 36.4 Å². The van der Waals surface area contributed by atoms with Crippen LogP contribution in [-0.4, -0.2) is 6.54 Å². The molecule has 0 spiro atoms. The maximum atomic E-state index is 6.11. The van der Waals surface area contributed by atoms with Crippen molar-refractivity contribution in [1.82, 2.24) is 5.32 Å². The van der Waals surface area contributed by atoms with Crippen molar-refractivity contribution >= 4 is 23.2 Å². The number of rotatable bonds is 6. The van der Waals surface area contributed by atoms with Crippen LogP contribution in [0.4, 0.5) is 0 Å². The molecular formula is C16H17Cl2NO. The standard InChI is InChI=1S/C16H17Cl2NO/c1-2-19-10-12-6-8-13(9-7-12)20-11-14-15(17)4-3-5-16(14)18/h3-9,19H,2,10-11H2,1H3. The van der Waals surface area contributed by atoms with E-state index in [1.54, 1.807) is 0 Å². The molecule has 0 atom stereocenters. The monoisotopic (exact) mass is 309 g/mol. The number of benzene rings is 2. The summed E-state index contributed by atoms with van der Waals surface area (Å²) in [7, 11) is 0. The van der Waals surface area contributed by atoms with Gasteiger partial charge in [0, 0.05) is 22.2 Å². The quantitative estimate of drug-likeness (QED) is 0.836. The molecule has 2 nitrogen and oxygen atoms in total. The summed E-state index contributed by atoms with van der Waals surface area (Å²) in [5.41, 5.74) is 2.04. The Kier molecular flexibility index (Phi) is 5.72. The molecule has 0 unspecified atom stereocenters. The lowest BCUT2D eigenvalue weighted by Gasteiger charge is -2.10. The Morgan fingerprint density at radius 3 is 2.25 bits per heavy atom. The third-order valence-electron chi connectivity index (χ3n) is 2.95. The van der Waals surface area contributed by atoms with Crippen LogP contribution in [0.25, 0.3) is 0 Å². The smallest absolute Gasteiger partial charge is 0.119 e. The molecule has 0 heterocycles. The van der Waals surface area contributed by atoms with Crippen LogP contribution < -0.4 is 10.1 Å². The molecule has 106 valence electrons. The fourth-order valence-electron chi connectivity index (χ4n) is 1.80. The predicted octanol–water partition coefficient (Wildman–Crippen LogP) is 4.68. The van der Waals surface area contributed by atoms with Crippen molar-refractivity contribution in [3.8, 4) is 5.75 Å². The summed E-state index contributed by atoms with van der Waals surface area (Å²) in [6.45, 7) is 4.28. The number of ether oxygens (including phenoxy) is 1. The molecule has 0 saturated heterocycles. The van der Waals surface area contributed by atoms with Crippen LogP contribution >= 0.6 is 23.2 Å². The van der Waals surface area contributed by atoms with E-state index in [1.165, 1.54) is 5.56 Å². The topological polar surface area (TPSA) is 21.3 Å². The first-order valence-corrected chi connectivity index (χ1v) is 7.31.